The molecule has 0 spiro atoms. The standard InChI is InChI=1S/C4H6N2O2S/c1-7-4(8-2)9-6-3-5/h1-2H3. The molecule has 0 aliphatic rings. The van der Waals surface area contributed by atoms with E-state index < -0.39 is 0 Å². The smallest absolute Gasteiger partial charge is 0.261 e. The summed E-state index contributed by atoms with van der Waals surface area (Å²) in [6.45, 7) is 0. The Labute approximate surface area is 56.7 Å². The van der Waals surface area contributed by atoms with Crippen LogP contribution in [0.1, 0.15) is 0 Å². The maximum Gasteiger partial charge on any atom is 0.261 e. The molecule has 50 valence electrons. The average Bonchev–Trinajstić information content (AvgIpc) is 1.91. The van der Waals surface area contributed by atoms with Gasteiger partial charge in [0.25, 0.3) is 5.24 Å². The van der Waals surface area contributed by atoms with Crippen molar-refractivity contribution >= 4 is 16.4 Å². The summed E-state index contributed by atoms with van der Waals surface area (Å²) < 4.78 is 12.5. The fourth-order valence-electron chi connectivity index (χ4n) is 0.216. The zero-order valence-electron chi connectivity index (χ0n) is 5.12. The first kappa shape index (κ1) is 8.30. The maximum atomic E-state index is 7.94. The van der Waals surface area contributed by atoms with E-state index in [4.69, 9.17) is 5.26 Å². The van der Waals surface area contributed by atoms with Gasteiger partial charge in [-0.25, -0.2) is 0 Å². The molecule has 0 aromatic heterocycles. The van der Waals surface area contributed by atoms with Gasteiger partial charge < -0.3 is 9.47 Å². The number of hydrogen-bond donors (Lipinski definition) is 0. The minimum absolute atomic E-state index is 0.261. The third kappa shape index (κ3) is 3.85. The molecule has 0 aliphatic carbocycles. The lowest BCUT2D eigenvalue weighted by Gasteiger charge is -1.91. The predicted octanol–water partition coefficient (Wildman–Crippen LogP) is 0.114. The predicted molar refractivity (Wildman–Crippen MR) is 34.4 cm³/mol. The van der Waals surface area contributed by atoms with Crippen molar-refractivity contribution in [3.63, 3.8) is 0 Å². The van der Waals surface area contributed by atoms with E-state index in [-0.39, 0.29) is 5.24 Å². The molecule has 5 heteroatoms. The monoisotopic (exact) mass is 146 g/mol. The molecule has 0 aromatic carbocycles. The van der Waals surface area contributed by atoms with Crippen molar-refractivity contribution in [3.8, 4) is 6.19 Å². The van der Waals surface area contributed by atoms with Crippen LogP contribution in [0.3, 0.4) is 0 Å². The summed E-state index contributed by atoms with van der Waals surface area (Å²) in [6, 6.07) is 0. The SMILES string of the molecule is COC(OC)=S=NC#N. The molecule has 0 heterocycles. The van der Waals surface area contributed by atoms with E-state index in [1.54, 1.807) is 6.19 Å². The second-order valence-electron chi connectivity index (χ2n) is 0.941. The molecule has 0 bridgehead atoms. The Morgan fingerprint density at radius 2 is 2.11 bits per heavy atom. The van der Waals surface area contributed by atoms with Gasteiger partial charge in [-0.05, 0) is 0 Å². The molecule has 0 fully saturated rings. The Bertz CT molecular complexity index is 171. The van der Waals surface area contributed by atoms with Gasteiger partial charge in [-0.3, -0.25) is 0 Å². The van der Waals surface area contributed by atoms with Gasteiger partial charge in [-0.2, -0.15) is 5.26 Å². The van der Waals surface area contributed by atoms with Crippen LogP contribution in [0.5, 0.6) is 0 Å². The van der Waals surface area contributed by atoms with E-state index in [0.29, 0.717) is 0 Å². The summed E-state index contributed by atoms with van der Waals surface area (Å²) in [6.07, 6.45) is 1.57. The lowest BCUT2D eigenvalue weighted by atomic mass is 11.4. The second-order valence-corrected chi connectivity index (χ2v) is 1.64. The summed E-state index contributed by atoms with van der Waals surface area (Å²) in [5.74, 6) is 0. The van der Waals surface area contributed by atoms with E-state index in [0.717, 1.165) is 11.1 Å². The Hall–Kier alpha value is -0.700. The fraction of sp³-hybridized carbons (Fsp3) is 0.500. The summed E-state index contributed by atoms with van der Waals surface area (Å²) >= 11 is 0.858. The molecule has 0 rings (SSSR count). The van der Waals surface area contributed by atoms with Gasteiger partial charge in [-0.1, -0.05) is 0 Å². The molecule has 0 radical (unpaired) electrons. The zero-order chi connectivity index (χ0) is 7.11. The number of rotatable bonds is 0. The van der Waals surface area contributed by atoms with Crippen molar-refractivity contribution in [2.24, 2.45) is 4.36 Å². The molecule has 0 saturated heterocycles. The van der Waals surface area contributed by atoms with Gasteiger partial charge in [0.05, 0.1) is 0 Å². The van der Waals surface area contributed by atoms with Crippen LogP contribution in [-0.4, -0.2) is 19.5 Å². The molecule has 4 nitrogen and oxygen atoms in total. The Kier molecular flexibility index (Phi) is 5.01. The van der Waals surface area contributed by atoms with Crippen LogP contribution >= 0.6 is 0 Å². The van der Waals surface area contributed by atoms with E-state index in [9.17, 15) is 0 Å². The molecule has 0 aliphatic heterocycles. The number of hydrogen-bond acceptors (Lipinski definition) is 4. The largest absolute Gasteiger partial charge is 0.319 e. The molecule has 0 aromatic rings. The first-order valence-electron chi connectivity index (χ1n) is 2.06. The Morgan fingerprint density at radius 3 is 2.44 bits per heavy atom. The molecule has 0 amide bonds. The summed E-state index contributed by atoms with van der Waals surface area (Å²) in [4.78, 5) is 0. The highest BCUT2D eigenvalue weighted by Crippen LogP contribution is 1.73. The number of methoxy groups -OCH3 is 2. The van der Waals surface area contributed by atoms with E-state index in [2.05, 4.69) is 13.8 Å². The fourth-order valence-corrected chi connectivity index (χ4v) is 0.480. The highest BCUT2D eigenvalue weighted by atomic mass is 32.1. The van der Waals surface area contributed by atoms with Crippen LogP contribution in [0.15, 0.2) is 4.36 Å². The van der Waals surface area contributed by atoms with Crippen molar-refractivity contribution in [1.82, 2.24) is 0 Å². The first-order valence-corrected chi connectivity index (χ1v) is 2.83. The second kappa shape index (κ2) is 5.44. The van der Waals surface area contributed by atoms with Crippen LogP contribution in [0.4, 0.5) is 0 Å². The number of nitrogens with zero attached hydrogens (tertiary/aromatic N) is 2. The molecule has 0 unspecified atom stereocenters. The zero-order valence-corrected chi connectivity index (χ0v) is 5.94. The van der Waals surface area contributed by atoms with Crippen molar-refractivity contribution < 1.29 is 9.47 Å². The molecule has 0 saturated carbocycles. The molecular formula is C4H6N2O2S. The van der Waals surface area contributed by atoms with Gasteiger partial charge >= 0.3 is 0 Å². The molecule has 9 heavy (non-hydrogen) atoms. The number of ether oxygens (including phenoxy) is 2. The van der Waals surface area contributed by atoms with Gasteiger partial charge in [-0.15, -0.1) is 4.36 Å². The minimum Gasteiger partial charge on any atom is -0.319 e. The van der Waals surface area contributed by atoms with Gasteiger partial charge in [0.1, 0.15) is 0 Å². The van der Waals surface area contributed by atoms with Crippen LogP contribution in [0.25, 0.3) is 0 Å². The van der Waals surface area contributed by atoms with Crippen LogP contribution < -0.4 is 0 Å². The van der Waals surface area contributed by atoms with E-state index >= 15 is 0 Å². The lowest BCUT2D eigenvalue weighted by molar-refractivity contribution is 0.257. The summed E-state index contributed by atoms with van der Waals surface area (Å²) in [7, 11) is 2.89. The van der Waals surface area contributed by atoms with Crippen LogP contribution in [-0.2, 0) is 20.6 Å². The highest BCUT2D eigenvalue weighted by molar-refractivity contribution is 7.68. The van der Waals surface area contributed by atoms with Crippen molar-refractivity contribution in [2.75, 3.05) is 14.2 Å². The maximum absolute atomic E-state index is 7.94. The van der Waals surface area contributed by atoms with Crippen molar-refractivity contribution in [3.05, 3.63) is 0 Å². The number of nitriles is 1. The summed E-state index contributed by atoms with van der Waals surface area (Å²) in [5, 5.41) is 8.20. The average molecular weight is 146 g/mol. The van der Waals surface area contributed by atoms with Crippen molar-refractivity contribution in [1.29, 1.82) is 5.26 Å². The topological polar surface area (TPSA) is 54.6 Å². The Morgan fingerprint density at radius 1 is 1.56 bits per heavy atom. The van der Waals surface area contributed by atoms with Gasteiger partial charge in [0.2, 0.25) is 6.19 Å². The highest BCUT2D eigenvalue weighted by Gasteiger charge is 1.85. The van der Waals surface area contributed by atoms with E-state index in [1.807, 2.05) is 0 Å². The summed E-state index contributed by atoms with van der Waals surface area (Å²) in [5.41, 5.74) is 0. The lowest BCUT2D eigenvalue weighted by Crippen LogP contribution is -2.01. The van der Waals surface area contributed by atoms with Crippen LogP contribution in [0.2, 0.25) is 0 Å². The normalized spacial score (nSPS) is 7.67. The first-order chi connectivity index (χ1) is 4.35. The Balaban J connectivity index is 4.10. The molecule has 0 atom stereocenters. The van der Waals surface area contributed by atoms with Gasteiger partial charge in [0, 0.05) is 25.4 Å². The third-order valence-corrected chi connectivity index (χ3v) is 1.15. The quantitative estimate of drug-likeness (QED) is 0.360. The molecule has 0 N–H and O–H groups in total. The van der Waals surface area contributed by atoms with Crippen molar-refractivity contribution in [2.45, 2.75) is 0 Å². The minimum atomic E-state index is 0.261. The van der Waals surface area contributed by atoms with Crippen LogP contribution in [0, 0.1) is 11.5 Å². The van der Waals surface area contributed by atoms with E-state index in [1.165, 1.54) is 14.2 Å². The third-order valence-electron chi connectivity index (χ3n) is 0.494. The molecular weight excluding hydrogens is 140 g/mol. The van der Waals surface area contributed by atoms with Gasteiger partial charge in [0.15, 0.2) is 0 Å².